The van der Waals surface area contributed by atoms with Gasteiger partial charge in [0.15, 0.2) is 0 Å². The van der Waals surface area contributed by atoms with E-state index in [0.717, 1.165) is 0 Å². The first kappa shape index (κ1) is 15.5. The smallest absolute Gasteiger partial charge is 0.339 e. The molecular formula is C13H7ClINO5. The Hall–Kier alpha value is -1.87. The highest BCUT2D eigenvalue weighted by Crippen LogP contribution is 2.33. The van der Waals surface area contributed by atoms with Gasteiger partial charge in [-0.15, -0.1) is 0 Å². The predicted molar refractivity (Wildman–Crippen MR) is 84.3 cm³/mol. The number of halogens is 2. The molecule has 108 valence electrons. The van der Waals surface area contributed by atoms with Crippen molar-refractivity contribution in [1.82, 2.24) is 0 Å². The molecule has 6 nitrogen and oxygen atoms in total. The molecule has 0 atom stereocenters. The van der Waals surface area contributed by atoms with Crippen molar-refractivity contribution >= 4 is 45.8 Å². The van der Waals surface area contributed by atoms with Gasteiger partial charge in [-0.3, -0.25) is 10.1 Å². The number of aromatic carboxylic acids is 1. The molecule has 0 aliphatic rings. The number of hydrogen-bond donors (Lipinski definition) is 1. The zero-order valence-electron chi connectivity index (χ0n) is 10.2. The molecule has 0 saturated carbocycles. The Morgan fingerprint density at radius 2 is 1.95 bits per heavy atom. The average Bonchev–Trinajstić information content (AvgIpc) is 2.40. The third-order valence-corrected chi connectivity index (χ3v) is 3.60. The van der Waals surface area contributed by atoms with Gasteiger partial charge in [0, 0.05) is 23.2 Å². The molecule has 1 N–H and O–H groups in total. The summed E-state index contributed by atoms with van der Waals surface area (Å²) in [5.74, 6) is -0.772. The normalized spacial score (nSPS) is 10.2. The zero-order valence-corrected chi connectivity index (χ0v) is 13.2. The van der Waals surface area contributed by atoms with Crippen molar-refractivity contribution in [2.75, 3.05) is 0 Å². The molecule has 0 heterocycles. The number of rotatable bonds is 4. The van der Waals surface area contributed by atoms with E-state index in [0.29, 0.717) is 14.3 Å². The van der Waals surface area contributed by atoms with Crippen LogP contribution in [0, 0.1) is 13.7 Å². The van der Waals surface area contributed by atoms with E-state index >= 15 is 0 Å². The monoisotopic (exact) mass is 419 g/mol. The number of nitro groups is 1. The molecule has 0 aromatic heterocycles. The molecule has 0 amide bonds. The molecule has 21 heavy (non-hydrogen) atoms. The van der Waals surface area contributed by atoms with Crippen LogP contribution in [0.15, 0.2) is 36.4 Å². The van der Waals surface area contributed by atoms with Gasteiger partial charge in [-0.1, -0.05) is 11.6 Å². The molecule has 2 rings (SSSR count). The molecular weight excluding hydrogens is 413 g/mol. The summed E-state index contributed by atoms with van der Waals surface area (Å²) in [7, 11) is 0. The van der Waals surface area contributed by atoms with Gasteiger partial charge < -0.3 is 9.84 Å². The maximum absolute atomic E-state index is 11.1. The van der Waals surface area contributed by atoms with E-state index in [2.05, 4.69) is 0 Å². The second-order valence-corrected chi connectivity index (χ2v) is 5.52. The van der Waals surface area contributed by atoms with Gasteiger partial charge in [0.05, 0.1) is 8.49 Å². The minimum atomic E-state index is -1.15. The molecule has 0 aliphatic carbocycles. The molecule has 2 aromatic rings. The number of carbonyl (C=O) groups is 1. The summed E-state index contributed by atoms with van der Waals surface area (Å²) in [4.78, 5) is 21.3. The van der Waals surface area contributed by atoms with Crippen LogP contribution in [-0.2, 0) is 0 Å². The second kappa shape index (κ2) is 6.27. The van der Waals surface area contributed by atoms with Crippen molar-refractivity contribution in [3.8, 4) is 11.5 Å². The van der Waals surface area contributed by atoms with E-state index < -0.39 is 10.9 Å². The van der Waals surface area contributed by atoms with Crippen molar-refractivity contribution < 1.29 is 19.6 Å². The van der Waals surface area contributed by atoms with Gasteiger partial charge in [0.2, 0.25) is 0 Å². The van der Waals surface area contributed by atoms with Gasteiger partial charge in [0.1, 0.15) is 17.1 Å². The van der Waals surface area contributed by atoms with Gasteiger partial charge in [-0.05, 0) is 40.8 Å². The van der Waals surface area contributed by atoms with Crippen LogP contribution in [0.5, 0.6) is 11.5 Å². The maximum atomic E-state index is 11.1. The van der Waals surface area contributed by atoms with Gasteiger partial charge >= 0.3 is 5.97 Å². The number of carboxylic acids is 1. The molecule has 2 aromatic carbocycles. The van der Waals surface area contributed by atoms with Crippen molar-refractivity contribution in [2.24, 2.45) is 0 Å². The lowest BCUT2D eigenvalue weighted by molar-refractivity contribution is -0.385. The van der Waals surface area contributed by atoms with E-state index in [1.54, 1.807) is 0 Å². The quantitative estimate of drug-likeness (QED) is 0.452. The van der Waals surface area contributed by atoms with Crippen molar-refractivity contribution in [3.05, 3.63) is 60.7 Å². The van der Waals surface area contributed by atoms with Crippen molar-refractivity contribution in [2.45, 2.75) is 0 Å². The van der Waals surface area contributed by atoms with Gasteiger partial charge in [-0.25, -0.2) is 4.79 Å². The number of carboxylic acid groups (broad SMARTS) is 1. The third kappa shape index (κ3) is 3.61. The van der Waals surface area contributed by atoms with Crippen LogP contribution in [0.25, 0.3) is 0 Å². The Balaban J connectivity index is 2.40. The van der Waals surface area contributed by atoms with Gasteiger partial charge in [0.25, 0.3) is 5.69 Å². The number of benzene rings is 2. The summed E-state index contributed by atoms with van der Waals surface area (Å²) in [6.45, 7) is 0. The highest BCUT2D eigenvalue weighted by molar-refractivity contribution is 14.1. The van der Waals surface area contributed by atoms with E-state index in [1.165, 1.54) is 36.4 Å². The average molecular weight is 420 g/mol. The number of nitro benzene ring substituents is 1. The van der Waals surface area contributed by atoms with E-state index in [4.69, 9.17) is 21.4 Å². The topological polar surface area (TPSA) is 89.7 Å². The standard InChI is InChI=1S/C13H7ClINO5/c14-7-1-3-9(13(17)18)12(5-7)21-11-4-2-8(16(19)20)6-10(11)15/h1-6H,(H,17,18). The van der Waals surface area contributed by atoms with Crippen molar-refractivity contribution in [3.63, 3.8) is 0 Å². The number of nitrogens with zero attached hydrogens (tertiary/aromatic N) is 1. The van der Waals surface area contributed by atoms with Crippen LogP contribution in [0.3, 0.4) is 0 Å². The SMILES string of the molecule is O=C(O)c1ccc(Cl)cc1Oc1ccc([N+](=O)[O-])cc1I. The summed E-state index contributed by atoms with van der Waals surface area (Å²) in [5, 5.41) is 20.1. The first-order valence-electron chi connectivity index (χ1n) is 5.53. The van der Waals surface area contributed by atoms with Gasteiger partial charge in [-0.2, -0.15) is 0 Å². The summed E-state index contributed by atoms with van der Waals surface area (Å²) < 4.78 is 6.01. The minimum Gasteiger partial charge on any atom is -0.478 e. The Labute approximate surface area is 137 Å². The molecule has 8 heteroatoms. The highest BCUT2D eigenvalue weighted by atomic mass is 127. The largest absolute Gasteiger partial charge is 0.478 e. The fourth-order valence-corrected chi connectivity index (χ4v) is 2.33. The second-order valence-electron chi connectivity index (χ2n) is 3.92. The van der Waals surface area contributed by atoms with E-state index in [-0.39, 0.29) is 17.0 Å². The van der Waals surface area contributed by atoms with Crippen LogP contribution in [0.2, 0.25) is 5.02 Å². The van der Waals surface area contributed by atoms with Crippen LogP contribution < -0.4 is 4.74 Å². The Morgan fingerprint density at radius 1 is 1.24 bits per heavy atom. The Kier molecular flexibility index (Phi) is 4.63. The van der Waals surface area contributed by atoms with Crippen molar-refractivity contribution in [1.29, 1.82) is 0 Å². The minimum absolute atomic E-state index is 0.0476. The predicted octanol–water partition coefficient (Wildman–Crippen LogP) is 4.34. The lowest BCUT2D eigenvalue weighted by Gasteiger charge is -2.10. The lowest BCUT2D eigenvalue weighted by Crippen LogP contribution is -2.00. The first-order valence-corrected chi connectivity index (χ1v) is 6.99. The van der Waals surface area contributed by atoms with E-state index in [1.807, 2.05) is 22.6 Å². The Bertz CT molecular complexity index is 734. The van der Waals surface area contributed by atoms with Crippen LogP contribution in [0.4, 0.5) is 5.69 Å². The fraction of sp³-hybridized carbons (Fsp3) is 0. The molecule has 0 fully saturated rings. The summed E-state index contributed by atoms with van der Waals surface area (Å²) in [6, 6.07) is 8.18. The lowest BCUT2D eigenvalue weighted by atomic mass is 10.2. The summed E-state index contributed by atoms with van der Waals surface area (Å²) >= 11 is 7.70. The molecule has 0 radical (unpaired) electrons. The van der Waals surface area contributed by atoms with Crippen LogP contribution in [-0.4, -0.2) is 16.0 Å². The molecule has 0 bridgehead atoms. The first-order chi connectivity index (χ1) is 9.88. The molecule has 0 spiro atoms. The zero-order chi connectivity index (χ0) is 15.6. The molecule has 0 aliphatic heterocycles. The molecule has 0 saturated heterocycles. The number of non-ortho nitro benzene ring substituents is 1. The molecule has 0 unspecified atom stereocenters. The van der Waals surface area contributed by atoms with Crippen LogP contribution in [0.1, 0.15) is 10.4 Å². The Morgan fingerprint density at radius 3 is 2.52 bits per heavy atom. The highest BCUT2D eigenvalue weighted by Gasteiger charge is 2.15. The maximum Gasteiger partial charge on any atom is 0.339 e. The fourth-order valence-electron chi connectivity index (χ4n) is 1.56. The summed E-state index contributed by atoms with van der Waals surface area (Å²) in [5.41, 5.74) is -0.121. The number of hydrogen-bond acceptors (Lipinski definition) is 4. The summed E-state index contributed by atoms with van der Waals surface area (Å²) in [6.07, 6.45) is 0. The number of ether oxygens (including phenoxy) is 1. The van der Waals surface area contributed by atoms with Crippen LogP contribution >= 0.6 is 34.2 Å². The third-order valence-electron chi connectivity index (χ3n) is 2.52. The van der Waals surface area contributed by atoms with E-state index in [9.17, 15) is 14.9 Å².